The van der Waals surface area contributed by atoms with Gasteiger partial charge in [-0.05, 0) is 209 Å². The van der Waals surface area contributed by atoms with E-state index in [9.17, 15) is 24.0 Å². The standard InChI is InChI=1S/C23H24ClN5O3S.C17H25N3O4S.C12H17N3O2S.C11H10ClN.CO2.ClH/c1-12-18(11-26-29(12)16-5-3-14(24)4-6-16)21(31)28-15-7-23(8-15)9-17(10-23)32-22-19(20(25)30)33-13(2)27-22;1-9-19-14(12(25-9)13(18)21)23-11-7-17(8-11)5-10(6-17)20-15(22)24-16(2,3)4;1-6-15-11(9(18-6)10(14)16)17-8-4-12(5-8)2-7(13)3-12;1-9-3-2-8-13(9)11-6-4-10(12)5-7-11;2-1-3;/h3-6,11,15,17H,7-10H2,1-2H3,(H2,25,30)(H,28,31);10-11H,5-8H2,1-4H3,(H2,18,21)(H,20,22);7-8H,2-5,13H2,1H3,(H2,14,16);2-8H,1H3;;1H. The van der Waals surface area contributed by atoms with Crippen LogP contribution in [0.4, 0.5) is 4.79 Å². The Morgan fingerprint density at radius 2 is 0.968 bits per heavy atom. The fourth-order valence-corrected chi connectivity index (χ4v) is 15.5. The van der Waals surface area contributed by atoms with E-state index in [1.165, 1.54) is 39.7 Å². The molecule has 6 saturated carbocycles. The van der Waals surface area contributed by atoms with Gasteiger partial charge in [-0.3, -0.25) is 19.2 Å². The number of carbonyl (C=O) groups excluding carboxylic acids is 7. The van der Waals surface area contributed by atoms with Crippen LogP contribution in [0.5, 0.6) is 17.6 Å². The molecule has 10 N–H and O–H groups in total. The maximum Gasteiger partial charge on any atom is 0.407 e. The predicted octanol–water partition coefficient (Wildman–Crippen LogP) is 11.1. The van der Waals surface area contributed by atoms with Crippen LogP contribution in [0.2, 0.25) is 10.0 Å². The van der Waals surface area contributed by atoms with Gasteiger partial charge in [-0.1, -0.05) is 23.2 Å². The Balaban J connectivity index is 0.000000164. The summed E-state index contributed by atoms with van der Waals surface area (Å²) in [7, 11) is 0. The summed E-state index contributed by atoms with van der Waals surface area (Å²) in [5, 5.41) is 14.2. The fraction of sp³-hybridized carbons (Fsp3) is 0.469. The number of halogens is 3. The number of nitrogens with one attached hydrogen (secondary N) is 2. The summed E-state index contributed by atoms with van der Waals surface area (Å²) in [4.78, 5) is 89.1. The van der Waals surface area contributed by atoms with Gasteiger partial charge < -0.3 is 57.1 Å². The third kappa shape index (κ3) is 17.7. The van der Waals surface area contributed by atoms with Gasteiger partial charge in [-0.25, -0.2) is 24.4 Å². The predicted molar refractivity (Wildman–Crippen MR) is 356 cm³/mol. The van der Waals surface area contributed by atoms with Gasteiger partial charge in [-0.2, -0.15) is 14.7 Å². The van der Waals surface area contributed by atoms with Crippen LogP contribution in [0.1, 0.15) is 164 Å². The first-order valence-corrected chi connectivity index (χ1v) is 33.2. The van der Waals surface area contributed by atoms with Crippen LogP contribution < -0.4 is 47.8 Å². The summed E-state index contributed by atoms with van der Waals surface area (Å²) >= 11 is 15.6. The lowest BCUT2D eigenvalue weighted by molar-refractivity contribution is -0.191. The van der Waals surface area contributed by atoms with Crippen LogP contribution >= 0.6 is 69.6 Å². The fourth-order valence-electron chi connectivity index (χ4n) is 13.2. The zero-order valence-electron chi connectivity index (χ0n) is 52.7. The summed E-state index contributed by atoms with van der Waals surface area (Å²) in [6.45, 7) is 15.0. The Labute approximate surface area is 566 Å². The SMILES string of the molecule is Cc1cccn1-c1ccc(Cl)cc1.Cc1nc(OC2CC3(CC(N)C3)C2)c(C(N)=O)s1.Cc1nc(OC2CC3(CC(NC(=O)OC(C)(C)C)C3)C2)c(C(N)=O)s1.Cc1nc(OC2CC3(CC(NC(=O)c4cnn(-c5ccc(Cl)cc5)c4C)C3)C2)c(C(N)=O)s1.Cl.O=C=O. The number of ether oxygens (including phenoxy) is 4. The molecule has 0 aliphatic heterocycles. The number of nitrogens with two attached hydrogens (primary N) is 4. The maximum absolute atomic E-state index is 12.8. The van der Waals surface area contributed by atoms with E-state index in [4.69, 9.17) is 74.7 Å². The van der Waals surface area contributed by atoms with Gasteiger partial charge in [0.15, 0.2) is 14.6 Å². The number of thiazole rings is 3. The van der Waals surface area contributed by atoms with Gasteiger partial charge >= 0.3 is 12.2 Å². The lowest BCUT2D eigenvalue weighted by atomic mass is 9.53. The zero-order chi connectivity index (χ0) is 66.6. The second kappa shape index (κ2) is 29.5. The van der Waals surface area contributed by atoms with Gasteiger partial charge in [0, 0.05) is 45.7 Å². The topological polar surface area (TPSA) is 346 Å². The molecule has 6 aliphatic rings. The molecule has 5 amide bonds. The van der Waals surface area contributed by atoms with E-state index in [0.717, 1.165) is 114 Å². The minimum absolute atomic E-state index is 0. The van der Waals surface area contributed by atoms with Crippen molar-refractivity contribution in [2.75, 3.05) is 0 Å². The highest BCUT2D eigenvalue weighted by molar-refractivity contribution is 7.14. The zero-order valence-corrected chi connectivity index (χ0v) is 57.5. The highest BCUT2D eigenvalue weighted by Gasteiger charge is 2.56. The second-order valence-electron chi connectivity index (χ2n) is 25.7. The minimum Gasteiger partial charge on any atom is -0.473 e. The van der Waals surface area contributed by atoms with E-state index in [1.807, 2.05) is 97.1 Å². The molecule has 93 heavy (non-hydrogen) atoms. The normalized spacial score (nSPS) is 24.0. The summed E-state index contributed by atoms with van der Waals surface area (Å²) in [6.07, 6.45) is 15.3. The van der Waals surface area contributed by atoms with Crippen LogP contribution in [-0.4, -0.2) is 107 Å². The molecule has 5 aromatic heterocycles. The van der Waals surface area contributed by atoms with Crippen molar-refractivity contribution in [3.63, 3.8) is 0 Å². The number of alkyl carbamates (subject to hydrolysis) is 1. The lowest BCUT2D eigenvalue weighted by Gasteiger charge is -2.57. The van der Waals surface area contributed by atoms with Crippen molar-refractivity contribution in [2.24, 2.45) is 39.2 Å². The number of rotatable bonds is 14. The molecule has 0 unspecified atom stereocenters. The van der Waals surface area contributed by atoms with Crippen molar-refractivity contribution in [3.8, 4) is 29.0 Å². The van der Waals surface area contributed by atoms with Crippen LogP contribution in [0, 0.1) is 50.9 Å². The molecule has 0 bridgehead atoms. The molecular formula is C64H77Cl3N12O11S3. The van der Waals surface area contributed by atoms with E-state index in [-0.39, 0.29) is 71.8 Å². The average molecular weight is 1390 g/mol. The van der Waals surface area contributed by atoms with E-state index in [1.54, 1.807) is 23.0 Å². The van der Waals surface area contributed by atoms with Crippen LogP contribution in [0.3, 0.4) is 0 Å². The molecule has 13 rings (SSSR count). The van der Waals surface area contributed by atoms with E-state index in [2.05, 4.69) is 48.2 Å². The van der Waals surface area contributed by atoms with Crippen molar-refractivity contribution in [2.45, 2.75) is 174 Å². The average Bonchev–Trinajstić information content (AvgIpc) is 0.987. The molecule has 2 aromatic carbocycles. The van der Waals surface area contributed by atoms with Crippen molar-refractivity contribution in [3.05, 3.63) is 130 Å². The Morgan fingerprint density at radius 3 is 1.32 bits per heavy atom. The second-order valence-corrected chi connectivity index (χ2v) is 30.2. The molecule has 6 aliphatic carbocycles. The van der Waals surface area contributed by atoms with Gasteiger partial charge in [0.1, 0.15) is 23.9 Å². The first kappa shape index (κ1) is 71.4. The van der Waals surface area contributed by atoms with Crippen molar-refractivity contribution in [1.29, 1.82) is 0 Å². The summed E-state index contributed by atoms with van der Waals surface area (Å²) in [6, 6.07) is 19.9. The van der Waals surface area contributed by atoms with Gasteiger partial charge in [0.05, 0.1) is 38.2 Å². The van der Waals surface area contributed by atoms with Crippen LogP contribution in [0.15, 0.2) is 73.1 Å². The number of primary amides is 3. The largest absolute Gasteiger partial charge is 0.473 e. The smallest absolute Gasteiger partial charge is 0.407 e. The monoisotopic (exact) mass is 1390 g/mol. The minimum atomic E-state index is -0.509. The van der Waals surface area contributed by atoms with E-state index < -0.39 is 23.3 Å². The molecule has 6 fully saturated rings. The molecule has 3 spiro atoms. The number of aryl methyl sites for hydroxylation is 4. The van der Waals surface area contributed by atoms with Crippen LogP contribution in [-0.2, 0) is 14.3 Å². The Kier molecular flexibility index (Phi) is 22.6. The summed E-state index contributed by atoms with van der Waals surface area (Å²) < 4.78 is 26.7. The van der Waals surface area contributed by atoms with Crippen LogP contribution in [0.25, 0.3) is 11.4 Å². The Hall–Kier alpha value is -7.42. The molecule has 0 atom stereocenters. The van der Waals surface area contributed by atoms with Gasteiger partial charge in [-0.15, -0.1) is 46.4 Å². The van der Waals surface area contributed by atoms with Crippen molar-refractivity contribution >= 4 is 105 Å². The number of aromatic nitrogens is 6. The molecule has 498 valence electrons. The Morgan fingerprint density at radius 1 is 0.591 bits per heavy atom. The number of hydrogen-bond donors (Lipinski definition) is 6. The molecular weight excluding hydrogens is 1320 g/mol. The molecule has 23 nitrogen and oxygen atoms in total. The summed E-state index contributed by atoms with van der Waals surface area (Å²) in [5.74, 6) is -0.460. The van der Waals surface area contributed by atoms with Crippen molar-refractivity contribution in [1.82, 2.24) is 39.9 Å². The van der Waals surface area contributed by atoms with Gasteiger partial charge in [0.25, 0.3) is 23.6 Å². The highest BCUT2D eigenvalue weighted by Crippen LogP contribution is 2.59. The summed E-state index contributed by atoms with van der Waals surface area (Å²) in [5.41, 5.74) is 26.9. The molecule has 0 saturated heterocycles. The number of benzene rings is 2. The van der Waals surface area contributed by atoms with E-state index in [0.29, 0.717) is 54.3 Å². The molecule has 7 aromatic rings. The van der Waals surface area contributed by atoms with Gasteiger partial charge in [0.2, 0.25) is 17.6 Å². The number of hydrogen-bond acceptors (Lipinski definition) is 19. The number of carbonyl (C=O) groups is 5. The van der Waals surface area contributed by atoms with Crippen molar-refractivity contribution < 1.29 is 52.5 Å². The third-order valence-corrected chi connectivity index (χ3v) is 20.5. The third-order valence-electron chi connectivity index (χ3n) is 17.1. The highest BCUT2D eigenvalue weighted by atomic mass is 35.5. The first-order valence-electron chi connectivity index (χ1n) is 30.0. The number of nitrogens with zero attached hydrogens (tertiary/aromatic N) is 6. The molecule has 29 heteroatoms. The quantitative estimate of drug-likeness (QED) is 0.0589. The van der Waals surface area contributed by atoms with E-state index >= 15 is 0 Å². The number of amides is 5. The first-order chi connectivity index (χ1) is 43.4. The molecule has 0 radical (unpaired) electrons. The maximum atomic E-state index is 12.8. The lowest BCUT2D eigenvalue weighted by Crippen LogP contribution is -2.59. The Bertz CT molecular complexity index is 3830. The molecule has 5 heterocycles.